The van der Waals surface area contributed by atoms with Gasteiger partial charge in [0.05, 0.1) is 6.04 Å². The van der Waals surface area contributed by atoms with E-state index in [0.717, 1.165) is 32.5 Å². The van der Waals surface area contributed by atoms with Gasteiger partial charge in [-0.1, -0.05) is 13.8 Å². The van der Waals surface area contributed by atoms with Gasteiger partial charge in [-0.3, -0.25) is 4.79 Å². The van der Waals surface area contributed by atoms with Crippen LogP contribution in [0.15, 0.2) is 0 Å². The average molecular weight is 253 g/mol. The largest absolute Gasteiger partial charge is 0.352 e. The smallest absolute Gasteiger partial charge is 0.237 e. The molecule has 1 amide bonds. The first kappa shape index (κ1) is 13.8. The molecule has 4 atom stereocenters. The van der Waals surface area contributed by atoms with Crippen LogP contribution >= 0.6 is 0 Å². The predicted octanol–water partition coefficient (Wildman–Crippen LogP) is 0.831. The molecule has 0 aromatic heterocycles. The second-order valence-corrected chi connectivity index (χ2v) is 6.28. The molecule has 18 heavy (non-hydrogen) atoms. The Morgan fingerprint density at radius 3 is 2.78 bits per heavy atom. The lowest BCUT2D eigenvalue weighted by Gasteiger charge is -2.36. The van der Waals surface area contributed by atoms with Gasteiger partial charge >= 0.3 is 0 Å². The molecule has 0 aromatic rings. The maximum absolute atomic E-state index is 12.3. The number of carbonyl (C=O) groups excluding carboxylic acids is 1. The fourth-order valence-electron chi connectivity index (χ4n) is 3.16. The zero-order valence-corrected chi connectivity index (χ0v) is 11.9. The van der Waals surface area contributed by atoms with Crippen molar-refractivity contribution in [2.75, 3.05) is 26.7 Å². The first-order valence-electron chi connectivity index (χ1n) is 7.28. The number of hydrogen-bond donors (Lipinski definition) is 2. The molecule has 0 bridgehead atoms. The zero-order valence-electron chi connectivity index (χ0n) is 11.9. The Hall–Kier alpha value is -0.610. The summed E-state index contributed by atoms with van der Waals surface area (Å²) in [6, 6.07) is 0.383. The van der Waals surface area contributed by atoms with E-state index in [4.69, 9.17) is 0 Å². The van der Waals surface area contributed by atoms with Crippen molar-refractivity contribution >= 4 is 5.91 Å². The van der Waals surface area contributed by atoms with Gasteiger partial charge in [0.15, 0.2) is 0 Å². The molecular weight excluding hydrogens is 226 g/mol. The third kappa shape index (κ3) is 3.45. The maximum atomic E-state index is 12.3. The molecule has 2 aliphatic rings. The quantitative estimate of drug-likeness (QED) is 0.766. The highest BCUT2D eigenvalue weighted by Crippen LogP contribution is 2.18. The monoisotopic (exact) mass is 253 g/mol. The van der Waals surface area contributed by atoms with Crippen molar-refractivity contribution in [3.8, 4) is 0 Å². The molecule has 104 valence electrons. The predicted molar refractivity (Wildman–Crippen MR) is 73.4 cm³/mol. The highest BCUT2D eigenvalue weighted by Gasteiger charge is 2.29. The summed E-state index contributed by atoms with van der Waals surface area (Å²) >= 11 is 0. The number of piperidine rings is 2. The first-order chi connectivity index (χ1) is 8.56. The van der Waals surface area contributed by atoms with Gasteiger partial charge in [0.1, 0.15) is 0 Å². The summed E-state index contributed by atoms with van der Waals surface area (Å²) in [5.74, 6) is 1.42. The molecule has 2 aliphatic heterocycles. The van der Waals surface area contributed by atoms with Crippen molar-refractivity contribution in [1.82, 2.24) is 15.5 Å². The highest BCUT2D eigenvalue weighted by molar-refractivity contribution is 5.82. The summed E-state index contributed by atoms with van der Waals surface area (Å²) in [5.41, 5.74) is 0. The van der Waals surface area contributed by atoms with Crippen molar-refractivity contribution < 1.29 is 4.79 Å². The Bertz CT molecular complexity index is 295. The molecule has 4 heteroatoms. The molecule has 0 aromatic carbocycles. The number of rotatable bonds is 2. The Kier molecular flexibility index (Phi) is 4.62. The molecule has 4 unspecified atom stereocenters. The summed E-state index contributed by atoms with van der Waals surface area (Å²) in [6.07, 6.45) is 3.24. The van der Waals surface area contributed by atoms with Crippen LogP contribution in [0.25, 0.3) is 0 Å². The van der Waals surface area contributed by atoms with Gasteiger partial charge < -0.3 is 15.5 Å². The summed E-state index contributed by atoms with van der Waals surface area (Å²) < 4.78 is 0. The molecule has 4 nitrogen and oxygen atoms in total. The fourth-order valence-corrected chi connectivity index (χ4v) is 3.16. The van der Waals surface area contributed by atoms with E-state index in [2.05, 4.69) is 36.4 Å². The van der Waals surface area contributed by atoms with Crippen molar-refractivity contribution in [2.45, 2.75) is 45.2 Å². The van der Waals surface area contributed by atoms with Gasteiger partial charge in [-0.2, -0.15) is 0 Å². The summed E-state index contributed by atoms with van der Waals surface area (Å²) in [6.45, 7) is 7.61. The molecule has 2 heterocycles. The summed E-state index contributed by atoms with van der Waals surface area (Å²) in [5, 5.41) is 6.59. The van der Waals surface area contributed by atoms with Gasteiger partial charge in [-0.05, 0) is 51.2 Å². The highest BCUT2D eigenvalue weighted by atomic mass is 16.2. The van der Waals surface area contributed by atoms with E-state index in [1.165, 1.54) is 6.42 Å². The topological polar surface area (TPSA) is 44.4 Å². The Balaban J connectivity index is 1.83. The summed E-state index contributed by atoms with van der Waals surface area (Å²) in [7, 11) is 2.15. The molecule has 0 spiro atoms. The van der Waals surface area contributed by atoms with Crippen LogP contribution in [0.3, 0.4) is 0 Å². The number of amides is 1. The lowest BCUT2D eigenvalue weighted by molar-refractivity contribution is -0.125. The SMILES string of the molecule is CC1CCNC(C(=O)NC2CCN(C)CC2C)C1. The van der Waals surface area contributed by atoms with Gasteiger partial charge in [0.25, 0.3) is 0 Å². The van der Waals surface area contributed by atoms with Crippen molar-refractivity contribution in [1.29, 1.82) is 0 Å². The molecule has 2 fully saturated rings. The van der Waals surface area contributed by atoms with Gasteiger partial charge in [0.2, 0.25) is 5.91 Å². The fraction of sp³-hybridized carbons (Fsp3) is 0.929. The third-order valence-corrected chi connectivity index (χ3v) is 4.42. The van der Waals surface area contributed by atoms with Crippen molar-refractivity contribution in [3.63, 3.8) is 0 Å². The minimum absolute atomic E-state index is 0.0283. The zero-order chi connectivity index (χ0) is 13.1. The van der Waals surface area contributed by atoms with E-state index in [0.29, 0.717) is 17.9 Å². The number of nitrogens with one attached hydrogen (secondary N) is 2. The van der Waals surface area contributed by atoms with E-state index < -0.39 is 0 Å². The maximum Gasteiger partial charge on any atom is 0.237 e. The van der Waals surface area contributed by atoms with Gasteiger partial charge in [0, 0.05) is 12.6 Å². The molecule has 0 saturated carbocycles. The normalized spacial score (nSPS) is 38.4. The van der Waals surface area contributed by atoms with E-state index >= 15 is 0 Å². The van der Waals surface area contributed by atoms with Crippen LogP contribution in [0.1, 0.15) is 33.1 Å². The van der Waals surface area contributed by atoms with Crippen molar-refractivity contribution in [2.24, 2.45) is 11.8 Å². The lowest BCUT2D eigenvalue weighted by Crippen LogP contribution is -2.55. The Morgan fingerprint density at radius 1 is 1.33 bits per heavy atom. The second kappa shape index (κ2) is 6.02. The van der Waals surface area contributed by atoms with Crippen LogP contribution in [0.4, 0.5) is 0 Å². The average Bonchev–Trinajstić information content (AvgIpc) is 2.32. The van der Waals surface area contributed by atoms with Crippen molar-refractivity contribution in [3.05, 3.63) is 0 Å². The molecular formula is C14H27N3O. The number of likely N-dealkylation sites (tertiary alicyclic amines) is 1. The third-order valence-electron chi connectivity index (χ3n) is 4.42. The molecule has 0 aliphatic carbocycles. The summed E-state index contributed by atoms with van der Waals surface area (Å²) in [4.78, 5) is 14.6. The molecule has 2 saturated heterocycles. The first-order valence-corrected chi connectivity index (χ1v) is 7.28. The van der Waals surface area contributed by atoms with Crippen LogP contribution in [-0.4, -0.2) is 49.6 Å². The lowest BCUT2D eigenvalue weighted by atomic mass is 9.91. The van der Waals surface area contributed by atoms with Crippen LogP contribution in [0, 0.1) is 11.8 Å². The molecule has 2 rings (SSSR count). The van der Waals surface area contributed by atoms with Gasteiger partial charge in [-0.25, -0.2) is 0 Å². The van der Waals surface area contributed by atoms with E-state index in [-0.39, 0.29) is 11.9 Å². The van der Waals surface area contributed by atoms with Crippen LogP contribution in [0.5, 0.6) is 0 Å². The number of hydrogen-bond acceptors (Lipinski definition) is 3. The second-order valence-electron chi connectivity index (χ2n) is 6.28. The molecule has 0 radical (unpaired) electrons. The standard InChI is InChI=1S/C14H27N3O/c1-10-4-6-15-13(8-10)14(18)16-12-5-7-17(3)9-11(12)2/h10-13,15H,4-9H2,1-3H3,(H,16,18). The van der Waals surface area contributed by atoms with Crippen LogP contribution < -0.4 is 10.6 Å². The van der Waals surface area contributed by atoms with E-state index in [9.17, 15) is 4.79 Å². The Morgan fingerprint density at radius 2 is 2.11 bits per heavy atom. The van der Waals surface area contributed by atoms with E-state index in [1.54, 1.807) is 0 Å². The number of nitrogens with zero attached hydrogens (tertiary/aromatic N) is 1. The van der Waals surface area contributed by atoms with E-state index in [1.807, 2.05) is 0 Å². The number of carbonyl (C=O) groups is 1. The Labute approximate surface area is 110 Å². The van der Waals surface area contributed by atoms with Gasteiger partial charge in [-0.15, -0.1) is 0 Å². The minimum Gasteiger partial charge on any atom is -0.352 e. The van der Waals surface area contributed by atoms with Crippen LogP contribution in [-0.2, 0) is 4.79 Å². The van der Waals surface area contributed by atoms with Crippen LogP contribution in [0.2, 0.25) is 0 Å². The minimum atomic E-state index is 0.0283. The molecule has 2 N–H and O–H groups in total.